The molecule has 7 heteroatoms. The van der Waals surface area contributed by atoms with E-state index in [0.717, 1.165) is 5.56 Å². The lowest BCUT2D eigenvalue weighted by Crippen LogP contribution is -2.17. The van der Waals surface area contributed by atoms with E-state index in [9.17, 15) is 4.79 Å². The minimum absolute atomic E-state index is 0.347. The first-order valence-corrected chi connectivity index (χ1v) is 8.30. The maximum Gasteiger partial charge on any atom is 0.271 e. The summed E-state index contributed by atoms with van der Waals surface area (Å²) in [4.78, 5) is 11.9. The molecule has 0 bridgehead atoms. The van der Waals surface area contributed by atoms with Gasteiger partial charge in [-0.05, 0) is 54.6 Å². The Morgan fingerprint density at radius 2 is 1.68 bits per heavy atom. The maximum atomic E-state index is 11.9. The number of nitrogens with zero attached hydrogens (tertiary/aromatic N) is 1. The van der Waals surface area contributed by atoms with E-state index >= 15 is 0 Å². The van der Waals surface area contributed by atoms with Gasteiger partial charge in [-0.1, -0.05) is 34.8 Å². The van der Waals surface area contributed by atoms with Crippen molar-refractivity contribution in [2.75, 3.05) is 0 Å². The number of halogens is 3. The summed E-state index contributed by atoms with van der Waals surface area (Å²) < 4.78 is 5.65. The first kappa shape index (κ1) is 17.5. The number of amides is 1. The van der Waals surface area contributed by atoms with Gasteiger partial charge in [0.25, 0.3) is 5.91 Å². The Balaban J connectivity index is 1.67. The summed E-state index contributed by atoms with van der Waals surface area (Å²) in [6.07, 6.45) is 1.40. The Kier molecular flexibility index (Phi) is 5.43. The number of hydrogen-bond acceptors (Lipinski definition) is 3. The number of hydrogen-bond donors (Lipinski definition) is 1. The molecule has 0 atom stereocenters. The van der Waals surface area contributed by atoms with Gasteiger partial charge in [0.2, 0.25) is 0 Å². The van der Waals surface area contributed by atoms with Crippen LogP contribution in [0.2, 0.25) is 15.1 Å². The average molecular weight is 394 g/mol. The molecule has 0 aliphatic heterocycles. The second-order valence-electron chi connectivity index (χ2n) is 5.03. The SMILES string of the molecule is O=C(NN=Cc1ccc(-c2ccc(Cl)cc2Cl)o1)c1ccc(Cl)cc1. The van der Waals surface area contributed by atoms with Crippen LogP contribution in [0.1, 0.15) is 16.1 Å². The van der Waals surface area contributed by atoms with E-state index in [-0.39, 0.29) is 5.91 Å². The molecule has 0 aliphatic rings. The number of rotatable bonds is 4. The fourth-order valence-corrected chi connectivity index (χ4v) is 2.70. The average Bonchev–Trinajstić information content (AvgIpc) is 3.04. The molecule has 4 nitrogen and oxygen atoms in total. The largest absolute Gasteiger partial charge is 0.455 e. The van der Waals surface area contributed by atoms with Gasteiger partial charge in [-0.15, -0.1) is 0 Å². The molecular weight excluding hydrogens is 383 g/mol. The zero-order chi connectivity index (χ0) is 17.8. The highest BCUT2D eigenvalue weighted by atomic mass is 35.5. The van der Waals surface area contributed by atoms with Crippen molar-refractivity contribution in [2.24, 2.45) is 5.10 Å². The molecule has 0 saturated heterocycles. The smallest absolute Gasteiger partial charge is 0.271 e. The molecule has 0 aliphatic carbocycles. The molecule has 1 aromatic heterocycles. The molecule has 1 N–H and O–H groups in total. The first-order valence-electron chi connectivity index (χ1n) is 7.17. The van der Waals surface area contributed by atoms with Crippen LogP contribution in [0, 0.1) is 0 Å². The molecule has 0 unspecified atom stereocenters. The molecule has 3 rings (SSSR count). The molecule has 1 heterocycles. The molecule has 25 heavy (non-hydrogen) atoms. The van der Waals surface area contributed by atoms with Gasteiger partial charge in [0.05, 0.1) is 11.2 Å². The lowest BCUT2D eigenvalue weighted by Gasteiger charge is -2.01. The van der Waals surface area contributed by atoms with Crippen molar-refractivity contribution in [1.82, 2.24) is 5.43 Å². The summed E-state index contributed by atoms with van der Waals surface area (Å²) >= 11 is 17.8. The van der Waals surface area contributed by atoms with Crippen LogP contribution in [0.15, 0.2) is 64.1 Å². The van der Waals surface area contributed by atoms with Crippen LogP contribution in [0.4, 0.5) is 0 Å². The van der Waals surface area contributed by atoms with Crippen molar-refractivity contribution in [3.63, 3.8) is 0 Å². The fourth-order valence-electron chi connectivity index (χ4n) is 2.08. The monoisotopic (exact) mass is 392 g/mol. The highest BCUT2D eigenvalue weighted by molar-refractivity contribution is 6.36. The van der Waals surface area contributed by atoms with Crippen molar-refractivity contribution < 1.29 is 9.21 Å². The van der Waals surface area contributed by atoms with E-state index in [1.165, 1.54) is 6.21 Å². The summed E-state index contributed by atoms with van der Waals surface area (Å²) in [5.74, 6) is 0.699. The maximum absolute atomic E-state index is 11.9. The summed E-state index contributed by atoms with van der Waals surface area (Å²) in [7, 11) is 0. The quantitative estimate of drug-likeness (QED) is 0.458. The Bertz CT molecular complexity index is 934. The standard InChI is InChI=1S/C18H11Cl3N2O2/c19-12-3-1-11(2-4-12)18(24)23-22-10-14-6-8-17(25-14)15-7-5-13(20)9-16(15)21/h1-10H,(H,23,24). The Hall–Kier alpha value is -2.27. The number of carbonyl (C=O) groups excluding carboxylic acids is 1. The van der Waals surface area contributed by atoms with Crippen molar-refractivity contribution in [3.8, 4) is 11.3 Å². The van der Waals surface area contributed by atoms with E-state index in [0.29, 0.717) is 32.2 Å². The molecule has 0 radical (unpaired) electrons. The zero-order valence-electron chi connectivity index (χ0n) is 12.7. The van der Waals surface area contributed by atoms with Crippen LogP contribution in [-0.4, -0.2) is 12.1 Å². The number of carbonyl (C=O) groups is 1. The lowest BCUT2D eigenvalue weighted by molar-refractivity contribution is 0.0955. The summed E-state index contributed by atoms with van der Waals surface area (Å²) in [6, 6.07) is 15.1. The van der Waals surface area contributed by atoms with Crippen LogP contribution < -0.4 is 5.43 Å². The van der Waals surface area contributed by atoms with Crippen LogP contribution >= 0.6 is 34.8 Å². The molecule has 0 spiro atoms. The lowest BCUT2D eigenvalue weighted by atomic mass is 10.2. The highest BCUT2D eigenvalue weighted by Gasteiger charge is 2.09. The number of benzene rings is 2. The van der Waals surface area contributed by atoms with Gasteiger partial charge in [0.15, 0.2) is 0 Å². The summed E-state index contributed by atoms with van der Waals surface area (Å²) in [5.41, 5.74) is 3.59. The highest BCUT2D eigenvalue weighted by Crippen LogP contribution is 2.31. The predicted molar refractivity (Wildman–Crippen MR) is 101 cm³/mol. The van der Waals surface area contributed by atoms with Gasteiger partial charge in [-0.2, -0.15) is 5.10 Å². The second kappa shape index (κ2) is 7.74. The van der Waals surface area contributed by atoms with E-state index in [1.54, 1.807) is 54.6 Å². The topological polar surface area (TPSA) is 54.6 Å². The number of furan rings is 1. The predicted octanol–water partition coefficient (Wildman–Crippen LogP) is 5.67. The van der Waals surface area contributed by atoms with Crippen LogP contribution in [0.25, 0.3) is 11.3 Å². The van der Waals surface area contributed by atoms with Crippen molar-refractivity contribution in [2.45, 2.75) is 0 Å². The van der Waals surface area contributed by atoms with Crippen molar-refractivity contribution >= 4 is 46.9 Å². The van der Waals surface area contributed by atoms with Crippen LogP contribution in [0.5, 0.6) is 0 Å². The minimum atomic E-state index is -0.347. The van der Waals surface area contributed by atoms with Crippen LogP contribution in [0.3, 0.4) is 0 Å². The molecule has 3 aromatic rings. The third kappa shape index (κ3) is 4.42. The fraction of sp³-hybridized carbons (Fsp3) is 0. The third-order valence-electron chi connectivity index (χ3n) is 3.29. The third-order valence-corrected chi connectivity index (χ3v) is 4.09. The molecular formula is C18H11Cl3N2O2. The van der Waals surface area contributed by atoms with Crippen LogP contribution in [-0.2, 0) is 0 Å². The summed E-state index contributed by atoms with van der Waals surface area (Å²) in [5, 5.41) is 5.47. The number of nitrogens with one attached hydrogen (secondary N) is 1. The molecule has 0 saturated carbocycles. The van der Waals surface area contributed by atoms with Gasteiger partial charge in [0, 0.05) is 21.2 Å². The van der Waals surface area contributed by atoms with E-state index in [2.05, 4.69) is 10.5 Å². The normalized spacial score (nSPS) is 11.0. The summed E-state index contributed by atoms with van der Waals surface area (Å²) in [6.45, 7) is 0. The van der Waals surface area contributed by atoms with Crippen molar-refractivity contribution in [3.05, 3.63) is 81.0 Å². The Labute approximate surface area is 159 Å². The first-order chi connectivity index (χ1) is 12.0. The van der Waals surface area contributed by atoms with E-state index < -0.39 is 0 Å². The Morgan fingerprint density at radius 3 is 2.40 bits per heavy atom. The zero-order valence-corrected chi connectivity index (χ0v) is 14.9. The van der Waals surface area contributed by atoms with Gasteiger partial charge < -0.3 is 4.42 Å². The molecule has 1 amide bonds. The molecule has 126 valence electrons. The van der Waals surface area contributed by atoms with Gasteiger partial charge >= 0.3 is 0 Å². The van der Waals surface area contributed by atoms with Gasteiger partial charge in [-0.25, -0.2) is 5.43 Å². The molecule has 0 fully saturated rings. The van der Waals surface area contributed by atoms with E-state index in [4.69, 9.17) is 39.2 Å². The number of hydrazone groups is 1. The molecule has 2 aromatic carbocycles. The van der Waals surface area contributed by atoms with Gasteiger partial charge in [-0.3, -0.25) is 4.79 Å². The van der Waals surface area contributed by atoms with E-state index in [1.807, 2.05) is 0 Å². The second-order valence-corrected chi connectivity index (χ2v) is 6.31. The Morgan fingerprint density at radius 1 is 0.960 bits per heavy atom. The van der Waals surface area contributed by atoms with Gasteiger partial charge in [0.1, 0.15) is 11.5 Å². The minimum Gasteiger partial charge on any atom is -0.455 e. The van der Waals surface area contributed by atoms with Crippen molar-refractivity contribution in [1.29, 1.82) is 0 Å².